The van der Waals surface area contributed by atoms with Gasteiger partial charge in [-0.05, 0) is 85.0 Å². The zero-order valence-electron chi connectivity index (χ0n) is 23.7. The Labute approximate surface area is 241 Å². The van der Waals surface area contributed by atoms with Gasteiger partial charge in [-0.25, -0.2) is 9.37 Å². The third-order valence-electron chi connectivity index (χ3n) is 7.86. The molecule has 42 heavy (non-hydrogen) atoms. The second kappa shape index (κ2) is 10.3. The van der Waals surface area contributed by atoms with Gasteiger partial charge >= 0.3 is 0 Å². The Kier molecular flexibility index (Phi) is 6.79. The second-order valence-corrected chi connectivity index (χ2v) is 11.5. The average molecular weight is 566 g/mol. The van der Waals surface area contributed by atoms with Crippen LogP contribution in [0, 0.1) is 5.82 Å². The van der Waals surface area contributed by atoms with E-state index in [4.69, 9.17) is 5.73 Å². The molecule has 0 spiro atoms. The monoisotopic (exact) mass is 565 g/mol. The largest absolute Gasteiger partial charge is 0.392 e. The molecule has 2 aromatic carbocycles. The van der Waals surface area contributed by atoms with E-state index in [9.17, 15) is 14.7 Å². The zero-order valence-corrected chi connectivity index (χ0v) is 23.7. The Hall–Kier alpha value is -4.60. The van der Waals surface area contributed by atoms with E-state index >= 15 is 4.39 Å². The number of rotatable bonds is 7. The summed E-state index contributed by atoms with van der Waals surface area (Å²) >= 11 is 0. The Morgan fingerprint density at radius 1 is 1.10 bits per heavy atom. The molecule has 0 saturated heterocycles. The van der Waals surface area contributed by atoms with Gasteiger partial charge in [-0.2, -0.15) is 0 Å². The Morgan fingerprint density at radius 3 is 2.55 bits per heavy atom. The average Bonchev–Trinajstić information content (AvgIpc) is 3.80. The number of nitrogens with two attached hydrogens (primary N) is 1. The van der Waals surface area contributed by atoms with Crippen molar-refractivity contribution in [3.63, 3.8) is 0 Å². The highest BCUT2D eigenvalue weighted by Crippen LogP contribution is 2.41. The summed E-state index contributed by atoms with van der Waals surface area (Å²) in [6, 6.07) is 15.7. The van der Waals surface area contributed by atoms with E-state index in [1.807, 2.05) is 32.0 Å². The van der Waals surface area contributed by atoms with Gasteiger partial charge in [0.15, 0.2) is 0 Å². The first-order valence-corrected chi connectivity index (χ1v) is 13.9. The van der Waals surface area contributed by atoms with Crippen LogP contribution in [-0.4, -0.2) is 19.2 Å². The normalized spacial score (nSPS) is 13.5. The van der Waals surface area contributed by atoms with Gasteiger partial charge in [-0.3, -0.25) is 14.2 Å². The van der Waals surface area contributed by atoms with Crippen molar-refractivity contribution in [3.05, 3.63) is 116 Å². The van der Waals surface area contributed by atoms with Crippen LogP contribution in [0.5, 0.6) is 0 Å². The molecule has 6 rings (SSSR count). The Balaban J connectivity index is 1.42. The first-order chi connectivity index (χ1) is 20.0. The van der Waals surface area contributed by atoms with Crippen LogP contribution in [-0.2, 0) is 19.2 Å². The number of aliphatic hydroxyl groups excluding tert-OH is 1. The molecule has 3 heterocycles. The summed E-state index contributed by atoms with van der Waals surface area (Å²) in [5.41, 5.74) is 9.05. The standard InChI is InChI=1S/C33H32FN5O3/c1-33(2,35)23-9-10-29(36-16-23)37-27-15-22(17-38(3)31(27)41)24-5-4-6-28(25(24)18-40)39-12-11-20-13-21(19-7-8-19)14-26(34)30(20)32(39)42/h4-6,9-17,19,40H,7-8,18,35H2,1-3H3,(H,36,37). The summed E-state index contributed by atoms with van der Waals surface area (Å²) in [6.45, 7) is 3.38. The first-order valence-electron chi connectivity index (χ1n) is 13.9. The molecule has 0 bridgehead atoms. The predicted molar refractivity (Wildman–Crippen MR) is 163 cm³/mol. The van der Waals surface area contributed by atoms with Crippen LogP contribution < -0.4 is 22.2 Å². The highest BCUT2D eigenvalue weighted by Gasteiger charge is 2.25. The van der Waals surface area contributed by atoms with Crippen molar-refractivity contribution in [1.29, 1.82) is 0 Å². The first kappa shape index (κ1) is 27.6. The number of hydrogen-bond acceptors (Lipinski definition) is 6. The number of anilines is 2. The minimum absolute atomic E-state index is 0.0151. The lowest BCUT2D eigenvalue weighted by molar-refractivity contribution is 0.282. The molecule has 4 N–H and O–H groups in total. The minimum atomic E-state index is -0.550. The third kappa shape index (κ3) is 5.01. The fourth-order valence-electron chi connectivity index (χ4n) is 5.36. The number of hydrogen-bond donors (Lipinski definition) is 3. The summed E-state index contributed by atoms with van der Waals surface area (Å²) < 4.78 is 18.0. The molecule has 0 amide bonds. The van der Waals surface area contributed by atoms with Crippen molar-refractivity contribution in [1.82, 2.24) is 14.1 Å². The minimum Gasteiger partial charge on any atom is -0.392 e. The van der Waals surface area contributed by atoms with Crippen LogP contribution in [0.25, 0.3) is 27.6 Å². The van der Waals surface area contributed by atoms with Gasteiger partial charge in [0.1, 0.15) is 17.3 Å². The number of aromatic nitrogens is 3. The number of nitrogens with one attached hydrogen (secondary N) is 1. The molecular weight excluding hydrogens is 533 g/mol. The lowest BCUT2D eigenvalue weighted by Gasteiger charge is -2.19. The lowest BCUT2D eigenvalue weighted by atomic mass is 9.98. The van der Waals surface area contributed by atoms with Gasteiger partial charge in [0.2, 0.25) is 0 Å². The molecule has 5 aromatic rings. The Bertz CT molecular complexity index is 1950. The van der Waals surface area contributed by atoms with Crippen LogP contribution in [0.2, 0.25) is 0 Å². The van der Waals surface area contributed by atoms with E-state index in [0.717, 1.165) is 24.0 Å². The lowest BCUT2D eigenvalue weighted by Crippen LogP contribution is -2.28. The van der Waals surface area contributed by atoms with Gasteiger partial charge < -0.3 is 20.7 Å². The summed E-state index contributed by atoms with van der Waals surface area (Å²) in [4.78, 5) is 31.0. The van der Waals surface area contributed by atoms with Crippen molar-refractivity contribution >= 4 is 22.3 Å². The molecule has 9 heteroatoms. The van der Waals surface area contributed by atoms with Crippen LogP contribution in [0.4, 0.5) is 15.9 Å². The number of aryl methyl sites for hydroxylation is 1. The molecule has 214 valence electrons. The molecule has 1 aliphatic rings. The number of benzene rings is 2. The molecule has 1 saturated carbocycles. The summed E-state index contributed by atoms with van der Waals surface area (Å²) in [7, 11) is 1.64. The van der Waals surface area contributed by atoms with E-state index < -0.39 is 16.9 Å². The van der Waals surface area contributed by atoms with E-state index in [0.29, 0.717) is 39.5 Å². The van der Waals surface area contributed by atoms with Gasteiger partial charge in [-0.1, -0.05) is 24.3 Å². The molecule has 0 radical (unpaired) electrons. The number of pyridine rings is 3. The van der Waals surface area contributed by atoms with Gasteiger partial charge in [0.25, 0.3) is 11.1 Å². The zero-order chi connectivity index (χ0) is 29.8. The molecule has 1 fully saturated rings. The highest BCUT2D eigenvalue weighted by molar-refractivity contribution is 5.84. The van der Waals surface area contributed by atoms with Crippen LogP contribution in [0.3, 0.4) is 0 Å². The quantitative estimate of drug-likeness (QED) is 0.250. The molecule has 0 atom stereocenters. The topological polar surface area (TPSA) is 115 Å². The number of nitrogens with zero attached hydrogens (tertiary/aromatic N) is 3. The Morgan fingerprint density at radius 2 is 1.88 bits per heavy atom. The highest BCUT2D eigenvalue weighted by atomic mass is 19.1. The molecular formula is C33H32FN5O3. The van der Waals surface area contributed by atoms with Gasteiger partial charge in [0.05, 0.1) is 17.7 Å². The van der Waals surface area contributed by atoms with E-state index in [-0.39, 0.29) is 23.2 Å². The molecule has 8 nitrogen and oxygen atoms in total. The van der Waals surface area contributed by atoms with Crippen molar-refractivity contribution in [2.45, 2.75) is 44.8 Å². The van der Waals surface area contributed by atoms with Crippen LogP contribution in [0.15, 0.2) is 82.8 Å². The van der Waals surface area contributed by atoms with E-state index in [1.165, 1.54) is 15.2 Å². The van der Waals surface area contributed by atoms with E-state index in [1.54, 1.807) is 56.0 Å². The number of aliphatic hydroxyl groups is 1. The van der Waals surface area contributed by atoms with E-state index in [2.05, 4.69) is 10.3 Å². The maximum absolute atomic E-state index is 15.2. The van der Waals surface area contributed by atoms with Gasteiger partial charge in [0, 0.05) is 42.3 Å². The van der Waals surface area contributed by atoms with Crippen molar-refractivity contribution in [2.24, 2.45) is 12.8 Å². The molecule has 3 aromatic heterocycles. The maximum atomic E-state index is 15.2. The van der Waals surface area contributed by atoms with Gasteiger partial charge in [-0.15, -0.1) is 0 Å². The molecule has 0 aliphatic heterocycles. The fraction of sp³-hybridized carbons (Fsp3) is 0.242. The van der Waals surface area contributed by atoms with Crippen LogP contribution in [0.1, 0.15) is 49.3 Å². The summed E-state index contributed by atoms with van der Waals surface area (Å²) in [6.07, 6.45) is 7.02. The summed E-state index contributed by atoms with van der Waals surface area (Å²) in [5, 5.41) is 14.2. The SMILES string of the molecule is Cn1cc(-c2cccc(-n3ccc4cc(C5CC5)cc(F)c4c3=O)c2CO)cc(Nc2ccc(C(C)(C)N)cn2)c1=O. The fourth-order valence-corrected chi connectivity index (χ4v) is 5.36. The third-order valence-corrected chi connectivity index (χ3v) is 7.86. The smallest absolute Gasteiger partial charge is 0.274 e. The second-order valence-electron chi connectivity index (χ2n) is 11.5. The number of halogens is 1. The molecule has 1 aliphatic carbocycles. The molecule has 0 unspecified atom stereocenters. The number of fused-ring (bicyclic) bond motifs is 1. The summed E-state index contributed by atoms with van der Waals surface area (Å²) in [5.74, 6) is 0.294. The van der Waals surface area contributed by atoms with Crippen molar-refractivity contribution in [2.75, 3.05) is 5.32 Å². The van der Waals surface area contributed by atoms with Crippen molar-refractivity contribution in [3.8, 4) is 16.8 Å². The maximum Gasteiger partial charge on any atom is 0.274 e. The van der Waals surface area contributed by atoms with Crippen molar-refractivity contribution < 1.29 is 9.50 Å². The predicted octanol–water partition coefficient (Wildman–Crippen LogP) is 5.20. The van der Waals surface area contributed by atoms with Crippen LogP contribution >= 0.6 is 0 Å².